The van der Waals surface area contributed by atoms with Gasteiger partial charge in [0.2, 0.25) is 0 Å². The molecule has 0 saturated carbocycles. The Balaban J connectivity index is 1.78. The molecular weight excluding hydrogens is 238 g/mol. The normalized spacial score (nSPS) is 17.5. The van der Waals surface area contributed by atoms with E-state index >= 15 is 0 Å². The van der Waals surface area contributed by atoms with Gasteiger partial charge >= 0.3 is 0 Å². The second kappa shape index (κ2) is 5.45. The van der Waals surface area contributed by atoms with Crippen LogP contribution >= 0.6 is 0 Å². The Kier molecular flexibility index (Phi) is 3.51. The average molecular weight is 257 g/mol. The molecule has 4 nitrogen and oxygen atoms in total. The SMILES string of the molecule is CN1CCC(Oc2ccccc2-c2ncc[nH]2)CC1. The first-order valence-corrected chi connectivity index (χ1v) is 6.77. The lowest BCUT2D eigenvalue weighted by Crippen LogP contribution is -2.35. The molecule has 1 N–H and O–H groups in total. The van der Waals surface area contributed by atoms with Crippen LogP contribution in [0.15, 0.2) is 36.7 Å². The van der Waals surface area contributed by atoms with Crippen LogP contribution in [0.4, 0.5) is 0 Å². The molecule has 4 heteroatoms. The number of imidazole rings is 1. The summed E-state index contributed by atoms with van der Waals surface area (Å²) in [5, 5.41) is 0. The number of rotatable bonds is 3. The Labute approximate surface area is 113 Å². The molecule has 1 aromatic carbocycles. The lowest BCUT2D eigenvalue weighted by atomic mass is 10.1. The van der Waals surface area contributed by atoms with Crippen LogP contribution in [0.25, 0.3) is 11.4 Å². The molecular formula is C15H19N3O. The molecule has 19 heavy (non-hydrogen) atoms. The van der Waals surface area contributed by atoms with E-state index in [0.29, 0.717) is 6.10 Å². The minimum Gasteiger partial charge on any atom is -0.490 e. The van der Waals surface area contributed by atoms with Gasteiger partial charge in [0.15, 0.2) is 0 Å². The Morgan fingerprint density at radius 1 is 1.26 bits per heavy atom. The van der Waals surface area contributed by atoms with Crippen molar-refractivity contribution in [2.45, 2.75) is 18.9 Å². The molecule has 2 heterocycles. The number of nitrogens with zero attached hydrogens (tertiary/aromatic N) is 2. The molecule has 1 aliphatic heterocycles. The smallest absolute Gasteiger partial charge is 0.141 e. The predicted octanol–water partition coefficient (Wildman–Crippen LogP) is 2.55. The maximum atomic E-state index is 6.17. The van der Waals surface area contributed by atoms with Crippen LogP contribution in [0, 0.1) is 0 Å². The molecule has 0 radical (unpaired) electrons. The monoisotopic (exact) mass is 257 g/mol. The second-order valence-corrected chi connectivity index (χ2v) is 5.05. The van der Waals surface area contributed by atoms with Gasteiger partial charge < -0.3 is 14.6 Å². The van der Waals surface area contributed by atoms with E-state index < -0.39 is 0 Å². The van der Waals surface area contributed by atoms with Gasteiger partial charge in [0.05, 0.1) is 5.56 Å². The summed E-state index contributed by atoms with van der Waals surface area (Å²) in [6.07, 6.45) is 6.09. The third kappa shape index (κ3) is 2.79. The summed E-state index contributed by atoms with van der Waals surface area (Å²) < 4.78 is 6.17. The summed E-state index contributed by atoms with van der Waals surface area (Å²) in [6.45, 7) is 2.21. The molecule has 0 amide bonds. The van der Waals surface area contributed by atoms with Gasteiger partial charge in [0.25, 0.3) is 0 Å². The maximum absolute atomic E-state index is 6.17. The lowest BCUT2D eigenvalue weighted by Gasteiger charge is -2.29. The van der Waals surface area contributed by atoms with Gasteiger partial charge in [0.1, 0.15) is 17.7 Å². The van der Waals surface area contributed by atoms with Gasteiger partial charge in [0, 0.05) is 25.5 Å². The number of H-pyrrole nitrogens is 1. The van der Waals surface area contributed by atoms with Crippen molar-refractivity contribution >= 4 is 0 Å². The predicted molar refractivity (Wildman–Crippen MR) is 75.2 cm³/mol. The molecule has 1 saturated heterocycles. The van der Waals surface area contributed by atoms with Crippen LogP contribution in [0.1, 0.15) is 12.8 Å². The maximum Gasteiger partial charge on any atom is 0.141 e. The summed E-state index contributed by atoms with van der Waals surface area (Å²) in [7, 11) is 2.16. The number of hydrogen-bond acceptors (Lipinski definition) is 3. The first-order chi connectivity index (χ1) is 9.33. The molecule has 1 aromatic heterocycles. The molecule has 0 unspecified atom stereocenters. The van der Waals surface area contributed by atoms with Crippen molar-refractivity contribution in [3.05, 3.63) is 36.7 Å². The van der Waals surface area contributed by atoms with E-state index in [1.165, 1.54) is 0 Å². The number of para-hydroxylation sites is 1. The number of likely N-dealkylation sites (tertiary alicyclic amines) is 1. The average Bonchev–Trinajstić information content (AvgIpc) is 2.96. The van der Waals surface area contributed by atoms with Crippen LogP contribution in [0.2, 0.25) is 0 Å². The number of aromatic nitrogens is 2. The van der Waals surface area contributed by atoms with Gasteiger partial charge in [-0.3, -0.25) is 0 Å². The highest BCUT2D eigenvalue weighted by Gasteiger charge is 2.19. The minimum atomic E-state index is 0.312. The Morgan fingerprint density at radius 2 is 2.05 bits per heavy atom. The molecule has 100 valence electrons. The van der Waals surface area contributed by atoms with Crippen molar-refractivity contribution in [1.82, 2.24) is 14.9 Å². The summed E-state index contributed by atoms with van der Waals surface area (Å²) in [5.41, 5.74) is 1.03. The van der Waals surface area contributed by atoms with Gasteiger partial charge in [-0.05, 0) is 32.0 Å². The zero-order valence-corrected chi connectivity index (χ0v) is 11.2. The molecule has 0 aliphatic carbocycles. The van der Waals surface area contributed by atoms with E-state index in [2.05, 4.69) is 21.9 Å². The first-order valence-electron chi connectivity index (χ1n) is 6.77. The standard InChI is InChI=1S/C15H19N3O/c1-18-10-6-12(7-11-18)19-14-5-3-2-4-13(14)15-16-8-9-17-15/h2-5,8-9,12H,6-7,10-11H2,1H3,(H,16,17). The van der Waals surface area contributed by atoms with Crippen molar-refractivity contribution in [1.29, 1.82) is 0 Å². The van der Waals surface area contributed by atoms with Crippen molar-refractivity contribution in [2.24, 2.45) is 0 Å². The zero-order valence-electron chi connectivity index (χ0n) is 11.2. The number of aromatic amines is 1. The molecule has 0 atom stereocenters. The number of nitrogens with one attached hydrogen (secondary N) is 1. The van der Waals surface area contributed by atoms with Gasteiger partial charge in [-0.1, -0.05) is 12.1 Å². The van der Waals surface area contributed by atoms with Crippen LogP contribution in [-0.2, 0) is 0 Å². The Hall–Kier alpha value is -1.81. The summed E-state index contributed by atoms with van der Waals surface area (Å²) in [5.74, 6) is 1.79. The first kappa shape index (κ1) is 12.2. The molecule has 2 aromatic rings. The van der Waals surface area contributed by atoms with E-state index in [1.54, 1.807) is 6.20 Å². The van der Waals surface area contributed by atoms with E-state index in [0.717, 1.165) is 43.1 Å². The minimum absolute atomic E-state index is 0.312. The highest BCUT2D eigenvalue weighted by molar-refractivity contribution is 5.63. The van der Waals surface area contributed by atoms with Crippen LogP contribution in [-0.4, -0.2) is 41.1 Å². The fourth-order valence-corrected chi connectivity index (χ4v) is 2.46. The highest BCUT2D eigenvalue weighted by atomic mass is 16.5. The van der Waals surface area contributed by atoms with Crippen molar-refractivity contribution in [3.8, 4) is 17.1 Å². The van der Waals surface area contributed by atoms with Gasteiger partial charge in [-0.15, -0.1) is 0 Å². The van der Waals surface area contributed by atoms with E-state index in [4.69, 9.17) is 4.74 Å². The van der Waals surface area contributed by atoms with Gasteiger partial charge in [-0.25, -0.2) is 4.98 Å². The largest absolute Gasteiger partial charge is 0.490 e. The number of piperidine rings is 1. The summed E-state index contributed by atoms with van der Waals surface area (Å²) in [6, 6.07) is 8.09. The van der Waals surface area contributed by atoms with Crippen molar-refractivity contribution in [2.75, 3.05) is 20.1 Å². The van der Waals surface area contributed by atoms with Crippen LogP contribution in [0.5, 0.6) is 5.75 Å². The van der Waals surface area contributed by atoms with E-state index in [1.807, 2.05) is 30.5 Å². The highest BCUT2D eigenvalue weighted by Crippen LogP contribution is 2.29. The van der Waals surface area contributed by atoms with E-state index in [9.17, 15) is 0 Å². The van der Waals surface area contributed by atoms with Crippen molar-refractivity contribution < 1.29 is 4.74 Å². The van der Waals surface area contributed by atoms with Gasteiger partial charge in [-0.2, -0.15) is 0 Å². The Morgan fingerprint density at radius 3 is 2.79 bits per heavy atom. The molecule has 0 bridgehead atoms. The molecule has 3 rings (SSSR count). The fourth-order valence-electron chi connectivity index (χ4n) is 2.46. The quantitative estimate of drug-likeness (QED) is 0.918. The molecule has 1 aliphatic rings. The van der Waals surface area contributed by atoms with Crippen LogP contribution in [0.3, 0.4) is 0 Å². The molecule has 0 spiro atoms. The second-order valence-electron chi connectivity index (χ2n) is 5.05. The lowest BCUT2D eigenvalue weighted by molar-refractivity contribution is 0.115. The van der Waals surface area contributed by atoms with E-state index in [-0.39, 0.29) is 0 Å². The topological polar surface area (TPSA) is 41.1 Å². The fraction of sp³-hybridized carbons (Fsp3) is 0.400. The third-order valence-corrected chi connectivity index (χ3v) is 3.60. The molecule has 1 fully saturated rings. The third-order valence-electron chi connectivity index (χ3n) is 3.60. The van der Waals surface area contributed by atoms with Crippen molar-refractivity contribution in [3.63, 3.8) is 0 Å². The zero-order chi connectivity index (χ0) is 13.1. The summed E-state index contributed by atoms with van der Waals surface area (Å²) >= 11 is 0. The number of benzene rings is 1. The van der Waals surface area contributed by atoms with Crippen LogP contribution < -0.4 is 4.74 Å². The number of ether oxygens (including phenoxy) is 1. The Bertz CT molecular complexity index is 516. The number of hydrogen-bond donors (Lipinski definition) is 1. The summed E-state index contributed by atoms with van der Waals surface area (Å²) in [4.78, 5) is 9.79.